The maximum atomic E-state index is 11.3. The zero-order valence-corrected chi connectivity index (χ0v) is 9.65. The average Bonchev–Trinajstić information content (AvgIpc) is 2.29. The molecule has 0 aliphatic carbocycles. The molecule has 1 fully saturated rings. The number of hydrogen-bond donors (Lipinski definition) is 1. The maximum absolute atomic E-state index is 11.3. The highest BCUT2D eigenvalue weighted by molar-refractivity contribution is 7.91. The Labute approximate surface area is 94.6 Å². The third kappa shape index (κ3) is 2.33. The Morgan fingerprint density at radius 2 is 2.06 bits per heavy atom. The lowest BCUT2D eigenvalue weighted by molar-refractivity contribution is 0.281. The molecule has 2 rings (SSSR count). The summed E-state index contributed by atoms with van der Waals surface area (Å²) in [5.74, 6) is 0.361. The van der Waals surface area contributed by atoms with Crippen LogP contribution in [0.25, 0.3) is 0 Å². The molecular formula is C10H14N2O3S. The van der Waals surface area contributed by atoms with Gasteiger partial charge in [0, 0.05) is 36.7 Å². The Morgan fingerprint density at radius 3 is 2.69 bits per heavy atom. The van der Waals surface area contributed by atoms with E-state index in [1.807, 2.05) is 11.0 Å². The standard InChI is InChI=1S/C10H14N2O3S/c13-8-9-7-11-2-1-10(9)12-3-5-16(14,15)6-4-12/h1-2,7,13H,3-6,8H2. The predicted molar refractivity (Wildman–Crippen MR) is 61.0 cm³/mol. The summed E-state index contributed by atoms with van der Waals surface area (Å²) >= 11 is 0. The van der Waals surface area contributed by atoms with Crippen molar-refractivity contribution in [2.24, 2.45) is 0 Å². The second kappa shape index (κ2) is 4.39. The van der Waals surface area contributed by atoms with Gasteiger partial charge < -0.3 is 10.0 Å². The van der Waals surface area contributed by atoms with Crippen molar-refractivity contribution in [3.63, 3.8) is 0 Å². The molecule has 0 atom stereocenters. The van der Waals surface area contributed by atoms with Crippen molar-refractivity contribution >= 4 is 15.5 Å². The molecule has 0 spiro atoms. The molecule has 1 aromatic rings. The van der Waals surface area contributed by atoms with Crippen LogP contribution in [0.3, 0.4) is 0 Å². The van der Waals surface area contributed by atoms with Gasteiger partial charge >= 0.3 is 0 Å². The van der Waals surface area contributed by atoms with Gasteiger partial charge in [-0.3, -0.25) is 4.98 Å². The number of aromatic nitrogens is 1. The topological polar surface area (TPSA) is 70.5 Å². The van der Waals surface area contributed by atoms with Gasteiger partial charge in [0.25, 0.3) is 0 Å². The first kappa shape index (κ1) is 11.3. The summed E-state index contributed by atoms with van der Waals surface area (Å²) in [6, 6.07) is 1.81. The number of aliphatic hydroxyl groups excluding tert-OH is 1. The predicted octanol–water partition coefficient (Wildman–Crippen LogP) is -0.191. The Hall–Kier alpha value is -1.14. The van der Waals surface area contributed by atoms with Crippen LogP contribution < -0.4 is 4.90 Å². The van der Waals surface area contributed by atoms with E-state index in [-0.39, 0.29) is 18.1 Å². The van der Waals surface area contributed by atoms with Crippen LogP contribution in [0.1, 0.15) is 5.56 Å². The SMILES string of the molecule is O=S1(=O)CCN(c2ccncc2CO)CC1. The summed E-state index contributed by atoms with van der Waals surface area (Å²) in [5.41, 5.74) is 1.62. The Kier molecular flexibility index (Phi) is 3.11. The van der Waals surface area contributed by atoms with Gasteiger partial charge in [-0.05, 0) is 6.07 Å². The highest BCUT2D eigenvalue weighted by Crippen LogP contribution is 2.21. The molecule has 1 aromatic heterocycles. The molecule has 0 bridgehead atoms. The lowest BCUT2D eigenvalue weighted by Crippen LogP contribution is -2.40. The van der Waals surface area contributed by atoms with Gasteiger partial charge in [0.05, 0.1) is 18.1 Å². The molecule has 0 amide bonds. The molecule has 1 aliphatic rings. The summed E-state index contributed by atoms with van der Waals surface area (Å²) in [5, 5.41) is 9.17. The van der Waals surface area contributed by atoms with Crippen molar-refractivity contribution in [2.45, 2.75) is 6.61 Å². The van der Waals surface area contributed by atoms with Crippen LogP contribution in [0.2, 0.25) is 0 Å². The fraction of sp³-hybridized carbons (Fsp3) is 0.500. The van der Waals surface area contributed by atoms with Crippen LogP contribution in [0.5, 0.6) is 0 Å². The number of nitrogens with zero attached hydrogens (tertiary/aromatic N) is 2. The van der Waals surface area contributed by atoms with Crippen LogP contribution in [-0.4, -0.2) is 43.1 Å². The zero-order chi connectivity index (χ0) is 11.6. The third-order valence-corrected chi connectivity index (χ3v) is 4.34. The first-order chi connectivity index (χ1) is 7.62. The fourth-order valence-corrected chi connectivity index (χ4v) is 3.00. The number of pyridine rings is 1. The normalized spacial score (nSPS) is 19.7. The summed E-state index contributed by atoms with van der Waals surface area (Å²) in [4.78, 5) is 5.92. The second-order valence-electron chi connectivity index (χ2n) is 3.80. The molecule has 0 radical (unpaired) electrons. The Balaban J connectivity index is 2.20. The number of aliphatic hydroxyl groups is 1. The quantitative estimate of drug-likeness (QED) is 0.778. The van der Waals surface area contributed by atoms with Crippen LogP contribution in [-0.2, 0) is 16.4 Å². The molecule has 6 heteroatoms. The first-order valence-corrected chi connectivity index (χ1v) is 6.93. The van der Waals surface area contributed by atoms with Gasteiger partial charge in [-0.15, -0.1) is 0 Å². The van der Waals surface area contributed by atoms with Gasteiger partial charge in [-0.25, -0.2) is 8.42 Å². The molecule has 0 saturated carbocycles. The molecular weight excluding hydrogens is 228 g/mol. The minimum atomic E-state index is -2.86. The van der Waals surface area contributed by atoms with Crippen molar-refractivity contribution in [2.75, 3.05) is 29.5 Å². The van der Waals surface area contributed by atoms with E-state index >= 15 is 0 Å². The number of hydrogen-bond acceptors (Lipinski definition) is 5. The monoisotopic (exact) mass is 242 g/mol. The average molecular weight is 242 g/mol. The van der Waals surface area contributed by atoms with E-state index in [1.54, 1.807) is 12.4 Å². The highest BCUT2D eigenvalue weighted by Gasteiger charge is 2.22. The first-order valence-electron chi connectivity index (χ1n) is 5.11. The van der Waals surface area contributed by atoms with E-state index in [1.165, 1.54) is 0 Å². The van der Waals surface area contributed by atoms with E-state index in [2.05, 4.69) is 4.98 Å². The summed E-state index contributed by atoms with van der Waals surface area (Å²) in [7, 11) is -2.86. The fourth-order valence-electron chi connectivity index (χ4n) is 1.80. The highest BCUT2D eigenvalue weighted by atomic mass is 32.2. The van der Waals surface area contributed by atoms with Gasteiger partial charge in [-0.2, -0.15) is 0 Å². The molecule has 0 unspecified atom stereocenters. The maximum Gasteiger partial charge on any atom is 0.153 e. The van der Waals surface area contributed by atoms with Gasteiger partial charge in [0.1, 0.15) is 0 Å². The minimum Gasteiger partial charge on any atom is -0.392 e. The van der Waals surface area contributed by atoms with E-state index in [0.717, 1.165) is 11.3 Å². The second-order valence-corrected chi connectivity index (χ2v) is 6.11. The third-order valence-electron chi connectivity index (χ3n) is 2.73. The van der Waals surface area contributed by atoms with Crippen molar-refractivity contribution in [3.05, 3.63) is 24.0 Å². The molecule has 16 heavy (non-hydrogen) atoms. The number of sulfone groups is 1. The van der Waals surface area contributed by atoms with Gasteiger partial charge in [0.2, 0.25) is 0 Å². The van der Waals surface area contributed by atoms with E-state index in [9.17, 15) is 8.42 Å². The lowest BCUT2D eigenvalue weighted by Gasteiger charge is -2.29. The van der Waals surface area contributed by atoms with Crippen LogP contribution >= 0.6 is 0 Å². The van der Waals surface area contributed by atoms with Crippen LogP contribution in [0.15, 0.2) is 18.5 Å². The molecule has 1 saturated heterocycles. The summed E-state index contributed by atoms with van der Waals surface area (Å²) in [6.07, 6.45) is 3.26. The molecule has 1 N–H and O–H groups in total. The molecule has 1 aliphatic heterocycles. The lowest BCUT2D eigenvalue weighted by atomic mass is 10.2. The van der Waals surface area contributed by atoms with Gasteiger partial charge in [0.15, 0.2) is 9.84 Å². The van der Waals surface area contributed by atoms with E-state index < -0.39 is 9.84 Å². The zero-order valence-electron chi connectivity index (χ0n) is 8.83. The summed E-state index contributed by atoms with van der Waals surface area (Å²) < 4.78 is 22.6. The smallest absolute Gasteiger partial charge is 0.153 e. The van der Waals surface area contributed by atoms with Gasteiger partial charge in [-0.1, -0.05) is 0 Å². The van der Waals surface area contributed by atoms with Crippen molar-refractivity contribution < 1.29 is 13.5 Å². The minimum absolute atomic E-state index is 0.0770. The number of anilines is 1. The van der Waals surface area contributed by atoms with Crippen LogP contribution in [0, 0.1) is 0 Å². The molecule has 2 heterocycles. The Morgan fingerprint density at radius 1 is 1.38 bits per heavy atom. The van der Waals surface area contributed by atoms with Crippen LogP contribution in [0.4, 0.5) is 5.69 Å². The number of rotatable bonds is 2. The Bertz CT molecular complexity index is 459. The van der Waals surface area contributed by atoms with E-state index in [4.69, 9.17) is 5.11 Å². The summed E-state index contributed by atoms with van der Waals surface area (Å²) in [6.45, 7) is 0.894. The van der Waals surface area contributed by atoms with Crippen molar-refractivity contribution in [3.8, 4) is 0 Å². The van der Waals surface area contributed by atoms with Crippen molar-refractivity contribution in [1.29, 1.82) is 0 Å². The largest absolute Gasteiger partial charge is 0.392 e. The molecule has 5 nitrogen and oxygen atoms in total. The molecule has 0 aromatic carbocycles. The van der Waals surface area contributed by atoms with Crippen molar-refractivity contribution in [1.82, 2.24) is 4.98 Å². The molecule has 88 valence electrons. The van der Waals surface area contributed by atoms with E-state index in [0.29, 0.717) is 13.1 Å².